The molecule has 2 rings (SSSR count). The molecule has 5 heteroatoms. The van der Waals surface area contributed by atoms with E-state index in [9.17, 15) is 5.21 Å². The molecule has 20 heavy (non-hydrogen) atoms. The smallest absolute Gasteiger partial charge is 0.254 e. The Morgan fingerprint density at radius 3 is 2.65 bits per heavy atom. The topological polar surface area (TPSA) is 29.3 Å². The van der Waals surface area contributed by atoms with Gasteiger partial charge < -0.3 is 5.21 Å². The number of hydrogen-bond acceptors (Lipinski definition) is 3. The van der Waals surface area contributed by atoms with Crippen molar-refractivity contribution in [2.45, 2.75) is 38.1 Å². The molecule has 0 bridgehead atoms. The Hall–Kier alpha value is -1.07. The molecule has 0 spiro atoms. The molecule has 1 aliphatic rings. The first-order valence-corrected chi connectivity index (χ1v) is 8.03. The molecule has 0 unspecified atom stereocenters. The third-order valence-electron chi connectivity index (χ3n) is 3.28. The van der Waals surface area contributed by atoms with E-state index in [1.165, 1.54) is 0 Å². The van der Waals surface area contributed by atoms with E-state index >= 15 is 0 Å². The second kappa shape index (κ2) is 6.14. The molecular formula is C15H20N2OS2. The summed E-state index contributed by atoms with van der Waals surface area (Å²) in [6, 6.07) is 9.68. The monoisotopic (exact) mass is 308 g/mol. The largest absolute Gasteiger partial charge is 0.622 e. The van der Waals surface area contributed by atoms with Crippen LogP contribution in [0, 0.1) is 5.21 Å². The average Bonchev–Trinajstić information content (AvgIpc) is 2.60. The van der Waals surface area contributed by atoms with Gasteiger partial charge in [-0.1, -0.05) is 49.1 Å². The highest BCUT2D eigenvalue weighted by molar-refractivity contribution is 8.24. The van der Waals surface area contributed by atoms with Crippen LogP contribution in [0.1, 0.15) is 32.8 Å². The third-order valence-corrected chi connectivity index (χ3v) is 4.91. The molecule has 0 aliphatic carbocycles. The minimum atomic E-state index is -0.250. The Kier molecular flexibility index (Phi) is 4.70. The molecule has 1 aliphatic heterocycles. The van der Waals surface area contributed by atoms with Gasteiger partial charge in [-0.05, 0) is 32.4 Å². The van der Waals surface area contributed by atoms with Crippen molar-refractivity contribution in [1.82, 2.24) is 4.90 Å². The quantitative estimate of drug-likeness (QED) is 0.280. The molecular weight excluding hydrogens is 288 g/mol. The summed E-state index contributed by atoms with van der Waals surface area (Å²) >= 11 is 7.04. The average molecular weight is 308 g/mol. The minimum Gasteiger partial charge on any atom is -0.622 e. The molecule has 1 aromatic rings. The van der Waals surface area contributed by atoms with Crippen molar-refractivity contribution >= 4 is 34.5 Å². The molecule has 0 amide bonds. The Bertz CT molecular complexity index is 514. The first kappa shape index (κ1) is 15.3. The van der Waals surface area contributed by atoms with Crippen LogP contribution in [0.25, 0.3) is 0 Å². The van der Waals surface area contributed by atoms with E-state index in [4.69, 9.17) is 12.2 Å². The fraction of sp³-hybridized carbons (Fsp3) is 0.467. The van der Waals surface area contributed by atoms with Crippen LogP contribution in [0.15, 0.2) is 30.3 Å². The molecule has 1 saturated heterocycles. The van der Waals surface area contributed by atoms with Crippen molar-refractivity contribution in [3.63, 3.8) is 0 Å². The molecule has 1 atom stereocenters. The fourth-order valence-corrected chi connectivity index (χ4v) is 4.40. The van der Waals surface area contributed by atoms with Gasteiger partial charge in [-0.2, -0.15) is 4.74 Å². The van der Waals surface area contributed by atoms with Gasteiger partial charge in [-0.3, -0.25) is 4.90 Å². The molecule has 0 radical (unpaired) electrons. The lowest BCUT2D eigenvalue weighted by atomic mass is 10.1. The van der Waals surface area contributed by atoms with Crippen LogP contribution in [0.4, 0.5) is 0 Å². The maximum absolute atomic E-state index is 12.6. The first-order chi connectivity index (χ1) is 9.45. The minimum absolute atomic E-state index is 0.209. The van der Waals surface area contributed by atoms with E-state index in [2.05, 4.69) is 20.8 Å². The standard InChI is InChI=1S/C15H20N2OS2/c1-4-10-16-13(15(2,3)20-14(16)19)17(18)11-12-8-6-5-7-9-12/h5-9,11,13H,4,10H2,1-3H3/b17-11-/t13-/m1/s1. The maximum atomic E-state index is 12.6. The molecule has 0 N–H and O–H groups in total. The van der Waals surface area contributed by atoms with Crippen molar-refractivity contribution < 1.29 is 4.74 Å². The van der Waals surface area contributed by atoms with E-state index in [0.29, 0.717) is 0 Å². The number of hydroxylamine groups is 1. The molecule has 1 heterocycles. The van der Waals surface area contributed by atoms with Gasteiger partial charge in [-0.25, -0.2) is 0 Å². The van der Waals surface area contributed by atoms with Gasteiger partial charge in [0, 0.05) is 12.1 Å². The summed E-state index contributed by atoms with van der Waals surface area (Å²) in [6.07, 6.45) is 2.39. The van der Waals surface area contributed by atoms with E-state index < -0.39 is 0 Å². The van der Waals surface area contributed by atoms with E-state index in [1.807, 2.05) is 35.2 Å². The molecule has 1 aromatic carbocycles. The summed E-state index contributed by atoms with van der Waals surface area (Å²) in [5.41, 5.74) is 0.914. The summed E-state index contributed by atoms with van der Waals surface area (Å²) in [6.45, 7) is 7.08. The third kappa shape index (κ3) is 3.15. The zero-order chi connectivity index (χ0) is 14.8. The molecule has 1 fully saturated rings. The predicted molar refractivity (Wildman–Crippen MR) is 90.3 cm³/mol. The number of hydrogen-bond donors (Lipinski definition) is 0. The first-order valence-electron chi connectivity index (χ1n) is 6.80. The second-order valence-electron chi connectivity index (χ2n) is 5.44. The maximum Gasteiger partial charge on any atom is 0.254 e. The van der Waals surface area contributed by atoms with E-state index in [-0.39, 0.29) is 10.9 Å². The molecule has 0 saturated carbocycles. The SMILES string of the molecule is CCCN1C(=S)SC(C)(C)[C@H]1/[N+]([O-])=C/c1ccccc1. The Balaban J connectivity index is 2.32. The highest BCUT2D eigenvalue weighted by atomic mass is 32.2. The van der Waals surface area contributed by atoms with Gasteiger partial charge in [0.1, 0.15) is 9.07 Å². The van der Waals surface area contributed by atoms with Gasteiger partial charge in [0.2, 0.25) is 0 Å². The van der Waals surface area contributed by atoms with Crippen LogP contribution in [0.2, 0.25) is 0 Å². The van der Waals surface area contributed by atoms with Gasteiger partial charge in [-0.15, -0.1) is 0 Å². The zero-order valence-electron chi connectivity index (χ0n) is 12.1. The lowest BCUT2D eigenvalue weighted by Crippen LogP contribution is -2.48. The number of nitrogens with zero attached hydrogens (tertiary/aromatic N) is 2. The number of rotatable bonds is 4. The Labute approximate surface area is 130 Å². The molecule has 0 aromatic heterocycles. The van der Waals surface area contributed by atoms with Gasteiger partial charge in [0.05, 0.1) is 0 Å². The zero-order valence-corrected chi connectivity index (χ0v) is 13.7. The van der Waals surface area contributed by atoms with Crippen LogP contribution < -0.4 is 0 Å². The number of benzene rings is 1. The lowest BCUT2D eigenvalue weighted by molar-refractivity contribution is -0.523. The van der Waals surface area contributed by atoms with Crippen LogP contribution in [0.5, 0.6) is 0 Å². The summed E-state index contributed by atoms with van der Waals surface area (Å²) in [7, 11) is 0. The normalized spacial score (nSPS) is 22.4. The Morgan fingerprint density at radius 2 is 2.05 bits per heavy atom. The van der Waals surface area contributed by atoms with Gasteiger partial charge in [0.25, 0.3) is 6.17 Å². The number of thiocarbonyl (C=S) groups is 1. The molecule has 108 valence electrons. The van der Waals surface area contributed by atoms with Crippen molar-refractivity contribution in [2.24, 2.45) is 0 Å². The van der Waals surface area contributed by atoms with Crippen molar-refractivity contribution in [2.75, 3.05) is 6.54 Å². The van der Waals surface area contributed by atoms with E-state index in [1.54, 1.807) is 18.0 Å². The van der Waals surface area contributed by atoms with Crippen molar-refractivity contribution in [3.05, 3.63) is 41.1 Å². The van der Waals surface area contributed by atoms with Gasteiger partial charge >= 0.3 is 0 Å². The van der Waals surface area contributed by atoms with Gasteiger partial charge in [0.15, 0.2) is 6.21 Å². The predicted octanol–water partition coefficient (Wildman–Crippen LogP) is 3.46. The van der Waals surface area contributed by atoms with Crippen molar-refractivity contribution in [3.8, 4) is 0 Å². The van der Waals surface area contributed by atoms with Crippen LogP contribution in [-0.4, -0.2) is 37.6 Å². The summed E-state index contributed by atoms with van der Waals surface area (Å²) < 4.78 is 1.67. The fourth-order valence-electron chi connectivity index (χ4n) is 2.47. The summed E-state index contributed by atoms with van der Waals surface area (Å²) in [4.78, 5) is 2.05. The van der Waals surface area contributed by atoms with Crippen molar-refractivity contribution in [1.29, 1.82) is 0 Å². The highest BCUT2D eigenvalue weighted by Gasteiger charge is 2.49. The Morgan fingerprint density at radius 1 is 1.40 bits per heavy atom. The van der Waals surface area contributed by atoms with E-state index in [0.717, 1.165) is 27.6 Å². The highest BCUT2D eigenvalue weighted by Crippen LogP contribution is 2.41. The summed E-state index contributed by atoms with van der Waals surface area (Å²) in [5, 5.41) is 12.6. The van der Waals surface area contributed by atoms with Crippen LogP contribution in [-0.2, 0) is 0 Å². The second-order valence-corrected chi connectivity index (χ2v) is 7.73. The lowest BCUT2D eigenvalue weighted by Gasteiger charge is -2.29. The van der Waals surface area contributed by atoms with Crippen LogP contribution in [0.3, 0.4) is 0 Å². The molecule has 3 nitrogen and oxygen atoms in total. The van der Waals surface area contributed by atoms with Crippen LogP contribution >= 0.6 is 24.0 Å². The number of thioether (sulfide) groups is 1. The summed E-state index contributed by atoms with van der Waals surface area (Å²) in [5.74, 6) is 0.